The monoisotopic (exact) mass is 430 g/mol. The van der Waals surface area contributed by atoms with E-state index in [0.717, 1.165) is 10.8 Å². The lowest BCUT2D eigenvalue weighted by Gasteiger charge is -2.33. The van der Waals surface area contributed by atoms with Crippen molar-refractivity contribution in [2.24, 2.45) is 0 Å². The summed E-state index contributed by atoms with van der Waals surface area (Å²) in [4.78, 5) is 7.20. The average Bonchev–Trinajstić information content (AvgIpc) is 3.46. The molecule has 0 amide bonds. The quantitative estimate of drug-likeness (QED) is 0.537. The first-order chi connectivity index (χ1) is 15.0. The highest BCUT2D eigenvalue weighted by Crippen LogP contribution is 2.44. The number of hydrogen-bond acceptors (Lipinski definition) is 2. The van der Waals surface area contributed by atoms with Gasteiger partial charge < -0.3 is 14.8 Å². The third-order valence-electron chi connectivity index (χ3n) is 6.90. The number of hydrogen-bond donors (Lipinski definition) is 1. The lowest BCUT2D eigenvalue weighted by molar-refractivity contribution is 0.245. The highest BCUT2D eigenvalue weighted by atomic mass is 32.1. The molecule has 1 saturated heterocycles. The Kier molecular flexibility index (Phi) is 5.30. The van der Waals surface area contributed by atoms with E-state index in [1.165, 1.54) is 53.9 Å². The molecule has 1 N–H and O–H groups in total. The summed E-state index contributed by atoms with van der Waals surface area (Å²) in [6.07, 6.45) is 6.87. The van der Waals surface area contributed by atoms with Crippen LogP contribution in [0.15, 0.2) is 54.7 Å². The summed E-state index contributed by atoms with van der Waals surface area (Å²) in [7, 11) is 0. The molecule has 5 rings (SSSR count). The van der Waals surface area contributed by atoms with Gasteiger partial charge in [-0.1, -0.05) is 31.0 Å². The maximum absolute atomic E-state index is 5.90. The van der Waals surface area contributed by atoms with Crippen LogP contribution in [0.25, 0.3) is 5.69 Å². The van der Waals surface area contributed by atoms with E-state index in [-0.39, 0.29) is 12.1 Å². The molecule has 2 fully saturated rings. The topological polar surface area (TPSA) is 33.1 Å². The van der Waals surface area contributed by atoms with E-state index in [4.69, 9.17) is 17.2 Å². The molecule has 1 saturated carbocycles. The Morgan fingerprint density at radius 2 is 1.81 bits per heavy atom. The van der Waals surface area contributed by atoms with Crippen molar-refractivity contribution in [2.75, 3.05) is 0 Å². The second kappa shape index (κ2) is 8.12. The first-order valence-electron chi connectivity index (χ1n) is 11.3. The molecule has 1 aromatic carbocycles. The predicted octanol–water partition coefficient (Wildman–Crippen LogP) is 5.71. The van der Waals surface area contributed by atoms with Crippen LogP contribution in [0.1, 0.15) is 66.0 Å². The summed E-state index contributed by atoms with van der Waals surface area (Å²) in [5, 5.41) is 4.50. The molecule has 2 atom stereocenters. The first-order valence-corrected chi connectivity index (χ1v) is 11.7. The molecule has 5 heteroatoms. The van der Waals surface area contributed by atoms with Crippen LogP contribution in [0.2, 0.25) is 0 Å². The van der Waals surface area contributed by atoms with Crippen LogP contribution in [0.3, 0.4) is 0 Å². The third-order valence-corrected chi connectivity index (χ3v) is 7.23. The van der Waals surface area contributed by atoms with Crippen LogP contribution in [-0.4, -0.2) is 25.6 Å². The van der Waals surface area contributed by atoms with Gasteiger partial charge in [-0.15, -0.1) is 0 Å². The van der Waals surface area contributed by atoms with Gasteiger partial charge in [-0.25, -0.2) is 0 Å². The predicted molar refractivity (Wildman–Crippen MR) is 130 cm³/mol. The van der Waals surface area contributed by atoms with Crippen molar-refractivity contribution < 1.29 is 0 Å². The SMILES string of the molecule is Cc1cccc(-n2c(C)cc([C@H]3[C@H](c4ccccn4)NC(=S)N3C3CCCC3)c2C)c1. The second-order valence-electron chi connectivity index (χ2n) is 8.97. The van der Waals surface area contributed by atoms with Crippen molar-refractivity contribution >= 4 is 17.3 Å². The summed E-state index contributed by atoms with van der Waals surface area (Å²) in [6, 6.07) is 18.0. The molecule has 4 nitrogen and oxygen atoms in total. The molecule has 160 valence electrons. The van der Waals surface area contributed by atoms with E-state index in [2.05, 4.69) is 78.0 Å². The fourth-order valence-corrected chi connectivity index (χ4v) is 5.91. The zero-order valence-electron chi connectivity index (χ0n) is 18.5. The molecule has 0 radical (unpaired) electrons. The largest absolute Gasteiger partial charge is 0.352 e. The zero-order chi connectivity index (χ0) is 21.5. The number of nitrogens with one attached hydrogen (secondary N) is 1. The van der Waals surface area contributed by atoms with Gasteiger partial charge >= 0.3 is 0 Å². The van der Waals surface area contributed by atoms with Crippen LogP contribution in [-0.2, 0) is 0 Å². The van der Waals surface area contributed by atoms with E-state index < -0.39 is 0 Å². The highest BCUT2D eigenvalue weighted by Gasteiger charge is 2.44. The van der Waals surface area contributed by atoms with Gasteiger partial charge in [0.15, 0.2) is 5.11 Å². The van der Waals surface area contributed by atoms with Crippen LogP contribution in [0.5, 0.6) is 0 Å². The van der Waals surface area contributed by atoms with Gasteiger partial charge in [-0.2, -0.15) is 0 Å². The summed E-state index contributed by atoms with van der Waals surface area (Å²) >= 11 is 5.90. The number of pyridine rings is 1. The van der Waals surface area contributed by atoms with E-state index in [1.807, 2.05) is 12.3 Å². The van der Waals surface area contributed by atoms with E-state index >= 15 is 0 Å². The Balaban J connectivity index is 1.64. The fourth-order valence-electron chi connectivity index (χ4n) is 5.53. The maximum Gasteiger partial charge on any atom is 0.170 e. The Hall–Kier alpha value is -2.66. The van der Waals surface area contributed by atoms with Crippen molar-refractivity contribution in [3.8, 4) is 5.69 Å². The molecule has 3 heterocycles. The highest BCUT2D eigenvalue weighted by molar-refractivity contribution is 7.80. The minimum atomic E-state index is 0.0563. The van der Waals surface area contributed by atoms with Gasteiger partial charge in [-0.05, 0) is 87.3 Å². The van der Waals surface area contributed by atoms with Crippen LogP contribution >= 0.6 is 12.2 Å². The Morgan fingerprint density at radius 3 is 2.52 bits per heavy atom. The van der Waals surface area contributed by atoms with Gasteiger partial charge in [0.05, 0.1) is 17.8 Å². The van der Waals surface area contributed by atoms with Gasteiger partial charge in [0.2, 0.25) is 0 Å². The lowest BCUT2D eigenvalue weighted by Crippen LogP contribution is -2.37. The molecule has 31 heavy (non-hydrogen) atoms. The molecule has 0 bridgehead atoms. The molecule has 3 aromatic rings. The molecule has 2 aliphatic rings. The summed E-state index contributed by atoms with van der Waals surface area (Å²) < 4.78 is 2.38. The van der Waals surface area contributed by atoms with Crippen molar-refractivity contribution in [2.45, 2.75) is 64.6 Å². The second-order valence-corrected chi connectivity index (χ2v) is 9.36. The number of rotatable bonds is 4. The lowest BCUT2D eigenvalue weighted by atomic mass is 9.95. The molecular weight excluding hydrogens is 400 g/mol. The number of aromatic nitrogens is 2. The van der Waals surface area contributed by atoms with Crippen LogP contribution < -0.4 is 5.32 Å². The molecule has 0 unspecified atom stereocenters. The smallest absolute Gasteiger partial charge is 0.170 e. The first kappa shape index (κ1) is 20.3. The zero-order valence-corrected chi connectivity index (χ0v) is 19.3. The fraction of sp³-hybridized carbons (Fsp3) is 0.385. The van der Waals surface area contributed by atoms with Crippen molar-refractivity contribution in [1.29, 1.82) is 0 Å². The van der Waals surface area contributed by atoms with Crippen molar-refractivity contribution in [3.05, 3.63) is 82.9 Å². The van der Waals surface area contributed by atoms with Crippen LogP contribution in [0, 0.1) is 20.8 Å². The third kappa shape index (κ3) is 3.55. The van der Waals surface area contributed by atoms with E-state index in [1.54, 1.807) is 0 Å². The summed E-state index contributed by atoms with van der Waals surface area (Å²) in [5.74, 6) is 0. The maximum atomic E-state index is 5.90. The summed E-state index contributed by atoms with van der Waals surface area (Å²) in [5.41, 5.74) is 7.42. The molecule has 2 aromatic heterocycles. The normalized spacial score (nSPS) is 21.6. The summed E-state index contributed by atoms with van der Waals surface area (Å²) in [6.45, 7) is 6.60. The van der Waals surface area contributed by atoms with E-state index in [9.17, 15) is 0 Å². The van der Waals surface area contributed by atoms with Gasteiger partial charge in [-0.3, -0.25) is 4.98 Å². The molecule has 0 spiro atoms. The Morgan fingerprint density at radius 1 is 1.00 bits per heavy atom. The minimum absolute atomic E-state index is 0.0563. The molecule has 1 aliphatic heterocycles. The van der Waals surface area contributed by atoms with Gasteiger partial charge in [0, 0.05) is 29.3 Å². The van der Waals surface area contributed by atoms with E-state index in [0.29, 0.717) is 6.04 Å². The number of thiocarbonyl (C=S) groups is 1. The number of nitrogens with zero attached hydrogens (tertiary/aromatic N) is 3. The number of aryl methyl sites for hydroxylation is 2. The number of benzene rings is 1. The molecule has 1 aliphatic carbocycles. The standard InChI is InChI=1S/C26H30N4S/c1-17-9-8-12-21(15-17)29-18(2)16-22(19(29)3)25-24(23-13-6-7-14-27-23)28-26(31)30(25)20-10-4-5-11-20/h6-9,12-16,20,24-25H,4-5,10-11H2,1-3H3,(H,28,31)/t24-,25-/m0/s1. The van der Waals surface area contributed by atoms with Crippen LogP contribution in [0.4, 0.5) is 0 Å². The van der Waals surface area contributed by atoms with Crippen molar-refractivity contribution in [1.82, 2.24) is 19.8 Å². The average molecular weight is 431 g/mol. The minimum Gasteiger partial charge on any atom is -0.352 e. The van der Waals surface area contributed by atoms with Gasteiger partial charge in [0.25, 0.3) is 0 Å². The van der Waals surface area contributed by atoms with Crippen molar-refractivity contribution in [3.63, 3.8) is 0 Å². The Bertz CT molecular complexity index is 1100. The Labute approximate surface area is 190 Å². The van der Waals surface area contributed by atoms with Gasteiger partial charge in [0.1, 0.15) is 0 Å². The molecular formula is C26H30N4S.